The van der Waals surface area contributed by atoms with E-state index in [1.807, 2.05) is 37.3 Å². The molecule has 2 heterocycles. The van der Waals surface area contributed by atoms with Crippen LogP contribution in [0.25, 0.3) is 0 Å². The quantitative estimate of drug-likeness (QED) is 0.599. The van der Waals surface area contributed by atoms with Crippen molar-refractivity contribution in [3.05, 3.63) is 82.1 Å². The zero-order valence-electron chi connectivity index (χ0n) is 14.9. The highest BCUT2D eigenvalue weighted by Gasteiger charge is 2.20. The summed E-state index contributed by atoms with van der Waals surface area (Å²) in [5.41, 5.74) is 0.827. The van der Waals surface area contributed by atoms with E-state index < -0.39 is 0 Å². The average Bonchev–Trinajstić information content (AvgIpc) is 3.28. The number of benzene rings is 1. The molecule has 0 radical (unpaired) electrons. The van der Waals surface area contributed by atoms with Gasteiger partial charge in [-0.2, -0.15) is 0 Å². The van der Waals surface area contributed by atoms with E-state index in [9.17, 15) is 4.79 Å². The fraction of sp³-hybridized carbons (Fsp3) is 0.250. The SMILES string of the molecule is C[C@H](NC(=O)C[NH+](Cc1ccco1)Cc1ccco1)c1ccc(Cl)cc1Cl. The molecule has 1 aromatic carbocycles. The van der Waals surface area contributed by atoms with E-state index in [-0.39, 0.29) is 18.5 Å². The van der Waals surface area contributed by atoms with E-state index in [1.54, 1.807) is 24.7 Å². The highest BCUT2D eigenvalue weighted by molar-refractivity contribution is 6.35. The summed E-state index contributed by atoms with van der Waals surface area (Å²) < 4.78 is 10.9. The summed E-state index contributed by atoms with van der Waals surface area (Å²) >= 11 is 12.2. The monoisotopic (exact) mass is 407 g/mol. The normalized spacial score (nSPS) is 12.3. The molecule has 1 atom stereocenters. The number of quaternary nitrogens is 1. The molecule has 2 N–H and O–H groups in total. The lowest BCUT2D eigenvalue weighted by molar-refractivity contribution is -0.921. The number of amides is 1. The first-order chi connectivity index (χ1) is 13.0. The number of nitrogens with one attached hydrogen (secondary N) is 2. The Labute approximate surface area is 167 Å². The zero-order chi connectivity index (χ0) is 19.2. The second-order valence-electron chi connectivity index (χ2n) is 6.39. The van der Waals surface area contributed by atoms with Crippen molar-refractivity contribution in [1.82, 2.24) is 5.32 Å². The predicted molar refractivity (Wildman–Crippen MR) is 104 cm³/mol. The van der Waals surface area contributed by atoms with Crippen molar-refractivity contribution in [2.75, 3.05) is 6.54 Å². The molecule has 3 rings (SSSR count). The summed E-state index contributed by atoms with van der Waals surface area (Å²) in [6.45, 7) is 3.33. The highest BCUT2D eigenvalue weighted by atomic mass is 35.5. The summed E-state index contributed by atoms with van der Waals surface area (Å²) in [6.07, 6.45) is 3.26. The fourth-order valence-corrected chi connectivity index (χ4v) is 3.53. The van der Waals surface area contributed by atoms with Crippen molar-refractivity contribution in [3.63, 3.8) is 0 Å². The summed E-state index contributed by atoms with van der Waals surface area (Å²) in [4.78, 5) is 13.6. The molecule has 0 fully saturated rings. The summed E-state index contributed by atoms with van der Waals surface area (Å²) in [5, 5.41) is 4.10. The lowest BCUT2D eigenvalue weighted by Crippen LogP contribution is -3.10. The molecule has 0 aliphatic carbocycles. The Kier molecular flexibility index (Phi) is 6.61. The van der Waals surface area contributed by atoms with Gasteiger partial charge in [0.1, 0.15) is 13.1 Å². The third kappa shape index (κ3) is 5.63. The van der Waals surface area contributed by atoms with Crippen LogP contribution < -0.4 is 10.2 Å². The van der Waals surface area contributed by atoms with Crippen LogP contribution >= 0.6 is 23.2 Å². The lowest BCUT2D eigenvalue weighted by Gasteiger charge is -2.20. The number of hydrogen-bond donors (Lipinski definition) is 2. The van der Waals surface area contributed by atoms with Crippen LogP contribution in [-0.2, 0) is 17.9 Å². The molecule has 3 aromatic rings. The number of hydrogen-bond acceptors (Lipinski definition) is 3. The highest BCUT2D eigenvalue weighted by Crippen LogP contribution is 2.25. The van der Waals surface area contributed by atoms with Gasteiger partial charge in [0.2, 0.25) is 0 Å². The third-order valence-corrected chi connectivity index (χ3v) is 4.79. The Balaban J connectivity index is 1.64. The van der Waals surface area contributed by atoms with Crippen molar-refractivity contribution in [3.8, 4) is 0 Å². The summed E-state index contributed by atoms with van der Waals surface area (Å²) in [7, 11) is 0. The molecule has 27 heavy (non-hydrogen) atoms. The van der Waals surface area contributed by atoms with Crippen LogP contribution in [0.3, 0.4) is 0 Å². The maximum absolute atomic E-state index is 12.6. The van der Waals surface area contributed by atoms with Gasteiger partial charge in [-0.05, 0) is 48.9 Å². The minimum atomic E-state index is -0.226. The molecule has 0 aliphatic rings. The lowest BCUT2D eigenvalue weighted by atomic mass is 10.1. The van der Waals surface area contributed by atoms with Crippen LogP contribution in [-0.4, -0.2) is 12.5 Å². The van der Waals surface area contributed by atoms with Crippen LogP contribution in [0.4, 0.5) is 0 Å². The maximum Gasteiger partial charge on any atom is 0.275 e. The van der Waals surface area contributed by atoms with Crippen LogP contribution in [0.5, 0.6) is 0 Å². The molecule has 1 amide bonds. The Morgan fingerprint density at radius 2 is 1.70 bits per heavy atom. The van der Waals surface area contributed by atoms with Gasteiger partial charge >= 0.3 is 0 Å². The first-order valence-corrected chi connectivity index (χ1v) is 9.39. The maximum atomic E-state index is 12.6. The van der Waals surface area contributed by atoms with Crippen molar-refractivity contribution < 1.29 is 18.5 Å². The van der Waals surface area contributed by atoms with Crippen molar-refractivity contribution >= 4 is 29.1 Å². The van der Waals surface area contributed by atoms with Gasteiger partial charge in [0.25, 0.3) is 5.91 Å². The van der Waals surface area contributed by atoms with Gasteiger partial charge in [-0.25, -0.2) is 0 Å². The second-order valence-corrected chi connectivity index (χ2v) is 7.24. The van der Waals surface area contributed by atoms with Gasteiger partial charge in [-0.1, -0.05) is 29.3 Å². The number of halogens is 2. The number of rotatable bonds is 8. The van der Waals surface area contributed by atoms with Gasteiger partial charge in [-0.15, -0.1) is 0 Å². The summed E-state index contributed by atoms with van der Waals surface area (Å²) in [6, 6.07) is 12.5. The summed E-state index contributed by atoms with van der Waals surface area (Å²) in [5.74, 6) is 1.55. The molecule has 0 spiro atoms. The third-order valence-electron chi connectivity index (χ3n) is 4.23. The largest absolute Gasteiger partial charge is 0.463 e. The Bertz CT molecular complexity index is 827. The number of carbonyl (C=O) groups excluding carboxylic acids is 1. The fourth-order valence-electron chi connectivity index (χ4n) is 2.96. The van der Waals surface area contributed by atoms with E-state index in [1.165, 1.54) is 0 Å². The molecular weight excluding hydrogens is 387 g/mol. The van der Waals surface area contributed by atoms with E-state index in [0.717, 1.165) is 22.0 Å². The van der Waals surface area contributed by atoms with Gasteiger partial charge < -0.3 is 19.1 Å². The zero-order valence-corrected chi connectivity index (χ0v) is 16.4. The minimum Gasteiger partial charge on any atom is -0.463 e. The first-order valence-electron chi connectivity index (χ1n) is 8.64. The van der Waals surface area contributed by atoms with Gasteiger partial charge in [0.05, 0.1) is 18.6 Å². The standard InChI is InChI=1S/C20H20Cl2N2O3/c1-14(18-7-6-15(21)10-19(18)22)23-20(25)13-24(11-16-4-2-8-26-16)12-17-5-3-9-27-17/h2-10,14H,11-13H2,1H3,(H,23,25)/p+1/t14-/m0/s1. The Hall–Kier alpha value is -2.21. The average molecular weight is 408 g/mol. The molecule has 0 unspecified atom stereocenters. The van der Waals surface area contributed by atoms with Crippen LogP contribution in [0, 0.1) is 0 Å². The van der Waals surface area contributed by atoms with Crippen LogP contribution in [0.2, 0.25) is 10.0 Å². The molecule has 5 nitrogen and oxygen atoms in total. The molecular formula is C20H21Cl2N2O3+. The molecule has 0 bridgehead atoms. The van der Waals surface area contributed by atoms with Crippen LogP contribution in [0.15, 0.2) is 63.8 Å². The van der Waals surface area contributed by atoms with Crippen molar-refractivity contribution in [2.45, 2.75) is 26.1 Å². The number of carbonyl (C=O) groups is 1. The van der Waals surface area contributed by atoms with Gasteiger partial charge in [0, 0.05) is 10.0 Å². The molecule has 142 valence electrons. The van der Waals surface area contributed by atoms with Gasteiger partial charge in [-0.3, -0.25) is 4.79 Å². The van der Waals surface area contributed by atoms with Crippen LogP contribution in [0.1, 0.15) is 30.0 Å². The van der Waals surface area contributed by atoms with Gasteiger partial charge in [0.15, 0.2) is 18.1 Å². The van der Waals surface area contributed by atoms with E-state index >= 15 is 0 Å². The van der Waals surface area contributed by atoms with E-state index in [2.05, 4.69) is 5.32 Å². The molecule has 7 heteroatoms. The second kappa shape index (κ2) is 9.13. The molecule has 0 saturated heterocycles. The topological polar surface area (TPSA) is 59.8 Å². The predicted octanol–water partition coefficient (Wildman–Crippen LogP) is 3.64. The molecule has 0 aliphatic heterocycles. The van der Waals surface area contributed by atoms with E-state index in [0.29, 0.717) is 23.1 Å². The van der Waals surface area contributed by atoms with Crippen molar-refractivity contribution in [1.29, 1.82) is 0 Å². The van der Waals surface area contributed by atoms with E-state index in [4.69, 9.17) is 32.0 Å². The first kappa shape index (κ1) is 19.5. The molecule has 0 saturated carbocycles. The smallest absolute Gasteiger partial charge is 0.275 e. The van der Waals surface area contributed by atoms with Crippen molar-refractivity contribution in [2.24, 2.45) is 0 Å². The minimum absolute atomic E-state index is 0.0818. The Morgan fingerprint density at radius 3 is 2.22 bits per heavy atom. The molecule has 2 aromatic heterocycles. The Morgan fingerprint density at radius 1 is 1.07 bits per heavy atom. The number of furan rings is 2.